The molecule has 4 unspecified atom stereocenters. The summed E-state index contributed by atoms with van der Waals surface area (Å²) in [6.45, 7) is 4.26. The maximum absolute atomic E-state index is 12.5. The first-order valence-electron chi connectivity index (χ1n) is 7.16. The van der Waals surface area contributed by atoms with Crippen LogP contribution in [0.5, 0.6) is 0 Å². The number of carbonyl (C=O) groups is 2. The molecule has 0 aromatic heterocycles. The first-order chi connectivity index (χ1) is 8.56. The summed E-state index contributed by atoms with van der Waals surface area (Å²) < 4.78 is 0. The van der Waals surface area contributed by atoms with Crippen LogP contribution in [0.1, 0.15) is 39.5 Å². The molecule has 2 bridgehead atoms. The van der Waals surface area contributed by atoms with Gasteiger partial charge in [0.25, 0.3) is 0 Å². The van der Waals surface area contributed by atoms with Gasteiger partial charge in [0.2, 0.25) is 11.8 Å². The predicted molar refractivity (Wildman–Crippen MR) is 67.7 cm³/mol. The molecule has 2 amide bonds. The average Bonchev–Trinajstić information content (AvgIpc) is 2.93. The van der Waals surface area contributed by atoms with Crippen LogP contribution >= 0.6 is 0 Å². The van der Waals surface area contributed by atoms with Crippen LogP contribution in [0.4, 0.5) is 0 Å². The summed E-state index contributed by atoms with van der Waals surface area (Å²) in [6, 6.07) is 0.0222. The lowest BCUT2D eigenvalue weighted by atomic mass is 9.91. The molecule has 3 fully saturated rings. The monoisotopic (exact) mass is 250 g/mol. The van der Waals surface area contributed by atoms with Crippen molar-refractivity contribution in [2.75, 3.05) is 6.54 Å². The van der Waals surface area contributed by atoms with E-state index >= 15 is 0 Å². The number of nitrogens with zero attached hydrogens (tertiary/aromatic N) is 1. The zero-order valence-electron chi connectivity index (χ0n) is 11.2. The molecule has 2 saturated carbocycles. The van der Waals surface area contributed by atoms with Gasteiger partial charge in [-0.3, -0.25) is 9.59 Å². The van der Waals surface area contributed by atoms with Crippen LogP contribution in [0.25, 0.3) is 0 Å². The Morgan fingerprint density at radius 2 is 2.00 bits per heavy atom. The van der Waals surface area contributed by atoms with Crippen LogP contribution in [0.15, 0.2) is 0 Å². The third kappa shape index (κ3) is 1.82. The number of fused-ring (bicyclic) bond motifs is 2. The predicted octanol–water partition coefficient (Wildman–Crippen LogP) is 1.16. The molecule has 0 aromatic rings. The van der Waals surface area contributed by atoms with E-state index in [4.69, 9.17) is 0 Å². The SMILES string of the molecule is CC(C)C1NC(=O)CN(C2CC3CCC2C3)C1=O. The second kappa shape index (κ2) is 4.25. The molecule has 1 N–H and O–H groups in total. The minimum absolute atomic E-state index is 0.0103. The van der Waals surface area contributed by atoms with Gasteiger partial charge in [-0.05, 0) is 37.0 Å². The summed E-state index contributed by atoms with van der Waals surface area (Å²) in [4.78, 5) is 26.2. The molecule has 18 heavy (non-hydrogen) atoms. The van der Waals surface area contributed by atoms with Crippen molar-refractivity contribution in [3.63, 3.8) is 0 Å². The lowest BCUT2D eigenvalue weighted by Gasteiger charge is -2.40. The Kier molecular flexibility index (Phi) is 2.83. The Labute approximate surface area is 108 Å². The summed E-state index contributed by atoms with van der Waals surface area (Å²) in [5.41, 5.74) is 0. The molecular formula is C14H22N2O2. The molecular weight excluding hydrogens is 228 g/mol. The maximum Gasteiger partial charge on any atom is 0.246 e. The van der Waals surface area contributed by atoms with Crippen molar-refractivity contribution in [1.29, 1.82) is 0 Å². The molecule has 4 nitrogen and oxygen atoms in total. The van der Waals surface area contributed by atoms with Crippen LogP contribution in [-0.2, 0) is 9.59 Å². The Morgan fingerprint density at radius 1 is 1.22 bits per heavy atom. The lowest BCUT2D eigenvalue weighted by molar-refractivity contribution is -0.149. The molecule has 3 rings (SSSR count). The molecule has 0 radical (unpaired) electrons. The van der Waals surface area contributed by atoms with Gasteiger partial charge in [0.1, 0.15) is 6.04 Å². The minimum Gasteiger partial charge on any atom is -0.343 e. The van der Waals surface area contributed by atoms with Crippen LogP contribution in [-0.4, -0.2) is 35.3 Å². The fourth-order valence-corrected chi connectivity index (χ4v) is 4.02. The van der Waals surface area contributed by atoms with E-state index in [2.05, 4.69) is 5.32 Å². The standard InChI is InChI=1S/C14H22N2O2/c1-8(2)13-14(18)16(7-12(17)15-13)11-6-9-3-4-10(11)5-9/h8-11,13H,3-7H2,1-2H3,(H,15,17). The molecule has 2 aliphatic carbocycles. The number of hydrogen-bond donors (Lipinski definition) is 1. The van der Waals surface area contributed by atoms with Gasteiger partial charge in [0.05, 0.1) is 6.54 Å². The van der Waals surface area contributed by atoms with E-state index in [1.54, 1.807) is 0 Å². The quantitative estimate of drug-likeness (QED) is 0.799. The highest BCUT2D eigenvalue weighted by Gasteiger charge is 2.47. The van der Waals surface area contributed by atoms with Gasteiger partial charge >= 0.3 is 0 Å². The second-order valence-electron chi connectivity index (χ2n) is 6.50. The van der Waals surface area contributed by atoms with Gasteiger partial charge in [-0.15, -0.1) is 0 Å². The first kappa shape index (κ1) is 12.0. The highest BCUT2D eigenvalue weighted by atomic mass is 16.2. The van der Waals surface area contributed by atoms with Crippen molar-refractivity contribution >= 4 is 11.8 Å². The van der Waals surface area contributed by atoms with Gasteiger partial charge in [0, 0.05) is 6.04 Å². The number of piperazine rings is 1. The van der Waals surface area contributed by atoms with E-state index in [0.717, 1.165) is 12.3 Å². The van der Waals surface area contributed by atoms with Crippen molar-refractivity contribution in [3.05, 3.63) is 0 Å². The van der Waals surface area contributed by atoms with Crippen LogP contribution in [0.2, 0.25) is 0 Å². The van der Waals surface area contributed by atoms with E-state index in [1.807, 2.05) is 18.7 Å². The number of nitrogens with one attached hydrogen (secondary N) is 1. The Bertz CT molecular complexity index is 380. The lowest BCUT2D eigenvalue weighted by Crippen LogP contribution is -2.62. The van der Waals surface area contributed by atoms with Crippen molar-refractivity contribution in [2.45, 2.75) is 51.6 Å². The maximum atomic E-state index is 12.5. The summed E-state index contributed by atoms with van der Waals surface area (Å²) in [7, 11) is 0. The molecule has 1 heterocycles. The van der Waals surface area contributed by atoms with E-state index in [9.17, 15) is 9.59 Å². The molecule has 100 valence electrons. The average molecular weight is 250 g/mol. The highest BCUT2D eigenvalue weighted by molar-refractivity contribution is 5.95. The van der Waals surface area contributed by atoms with Crippen molar-refractivity contribution in [3.8, 4) is 0 Å². The summed E-state index contributed by atoms with van der Waals surface area (Å²) in [5.74, 6) is 1.77. The summed E-state index contributed by atoms with van der Waals surface area (Å²) in [6.07, 6.45) is 4.95. The fraction of sp³-hybridized carbons (Fsp3) is 0.857. The first-order valence-corrected chi connectivity index (χ1v) is 7.16. The van der Waals surface area contributed by atoms with Crippen LogP contribution in [0.3, 0.4) is 0 Å². The molecule has 1 aliphatic heterocycles. The van der Waals surface area contributed by atoms with E-state index < -0.39 is 0 Å². The van der Waals surface area contributed by atoms with E-state index in [-0.39, 0.29) is 30.3 Å². The molecule has 0 spiro atoms. The number of rotatable bonds is 2. The summed E-state index contributed by atoms with van der Waals surface area (Å²) in [5, 5.41) is 2.83. The van der Waals surface area contributed by atoms with Gasteiger partial charge in [-0.25, -0.2) is 0 Å². The number of hydrogen-bond acceptors (Lipinski definition) is 2. The number of carbonyl (C=O) groups excluding carboxylic acids is 2. The van der Waals surface area contributed by atoms with Crippen molar-refractivity contribution in [2.24, 2.45) is 17.8 Å². The van der Waals surface area contributed by atoms with Gasteiger partial charge < -0.3 is 10.2 Å². The van der Waals surface area contributed by atoms with Crippen molar-refractivity contribution < 1.29 is 9.59 Å². The topological polar surface area (TPSA) is 49.4 Å². The van der Waals surface area contributed by atoms with Gasteiger partial charge in [0.15, 0.2) is 0 Å². The van der Waals surface area contributed by atoms with Gasteiger partial charge in [-0.2, -0.15) is 0 Å². The third-order valence-corrected chi connectivity index (χ3v) is 4.95. The fourth-order valence-electron chi connectivity index (χ4n) is 4.02. The van der Waals surface area contributed by atoms with Crippen molar-refractivity contribution in [1.82, 2.24) is 10.2 Å². The molecule has 4 heteroatoms. The Hall–Kier alpha value is -1.06. The Morgan fingerprint density at radius 3 is 2.56 bits per heavy atom. The minimum atomic E-state index is -0.314. The molecule has 4 atom stereocenters. The number of amides is 2. The van der Waals surface area contributed by atoms with E-state index in [0.29, 0.717) is 12.0 Å². The highest BCUT2D eigenvalue weighted by Crippen LogP contribution is 2.47. The zero-order chi connectivity index (χ0) is 12.9. The third-order valence-electron chi connectivity index (χ3n) is 4.95. The van der Waals surface area contributed by atoms with E-state index in [1.165, 1.54) is 19.3 Å². The van der Waals surface area contributed by atoms with Gasteiger partial charge in [-0.1, -0.05) is 20.3 Å². The van der Waals surface area contributed by atoms with Crippen LogP contribution < -0.4 is 5.32 Å². The second-order valence-corrected chi connectivity index (χ2v) is 6.50. The zero-order valence-corrected chi connectivity index (χ0v) is 11.2. The molecule has 0 aromatic carbocycles. The van der Waals surface area contributed by atoms with Crippen LogP contribution in [0, 0.1) is 17.8 Å². The smallest absolute Gasteiger partial charge is 0.246 e. The Balaban J connectivity index is 1.78. The normalized spacial score (nSPS) is 39.6. The largest absolute Gasteiger partial charge is 0.343 e. The molecule has 3 aliphatic rings. The molecule has 1 saturated heterocycles. The summed E-state index contributed by atoms with van der Waals surface area (Å²) >= 11 is 0.